The van der Waals surface area contributed by atoms with E-state index in [2.05, 4.69) is 35.3 Å². The second kappa shape index (κ2) is 19.3. The lowest BCUT2D eigenvalue weighted by molar-refractivity contribution is -0.123. The Morgan fingerprint density at radius 2 is 1.88 bits per heavy atom. The van der Waals surface area contributed by atoms with Crippen molar-refractivity contribution in [2.24, 2.45) is 5.92 Å². The Labute approximate surface area is 300 Å². The molecule has 3 heterocycles. The zero-order valence-electron chi connectivity index (χ0n) is 31.1. The number of pyridine rings is 2. The van der Waals surface area contributed by atoms with E-state index in [1.807, 2.05) is 24.5 Å². The molecule has 0 aliphatic heterocycles. The highest BCUT2D eigenvalue weighted by molar-refractivity contribution is 6.76. The van der Waals surface area contributed by atoms with E-state index in [4.69, 9.17) is 14.2 Å². The predicted molar refractivity (Wildman–Crippen MR) is 198 cm³/mol. The molecule has 1 unspecified atom stereocenters. The minimum atomic E-state index is -1.36. The third kappa shape index (κ3) is 12.7. The normalized spacial score (nSPS) is 12.4. The summed E-state index contributed by atoms with van der Waals surface area (Å²) in [6.07, 6.45) is 5.91. The fourth-order valence-electron chi connectivity index (χ4n) is 5.15. The second-order valence-electron chi connectivity index (χ2n) is 14.2. The molecule has 51 heavy (non-hydrogen) atoms. The topological polar surface area (TPSA) is 146 Å². The zero-order chi connectivity index (χ0) is 37.7. The lowest BCUT2D eigenvalue weighted by atomic mass is 10.0. The first-order valence-corrected chi connectivity index (χ1v) is 20.9. The van der Waals surface area contributed by atoms with Crippen LogP contribution in [-0.2, 0) is 43.5 Å². The Bertz CT molecular complexity index is 1730. The highest BCUT2D eigenvalue weighted by Gasteiger charge is 2.23. The second-order valence-corrected chi connectivity index (χ2v) is 19.8. The molecule has 0 bridgehead atoms. The lowest BCUT2D eigenvalue weighted by Gasteiger charge is -2.19. The third-order valence-corrected chi connectivity index (χ3v) is 9.65. The van der Waals surface area contributed by atoms with Crippen molar-refractivity contribution in [1.82, 2.24) is 24.3 Å². The summed E-state index contributed by atoms with van der Waals surface area (Å²) in [5, 5.41) is 5.20. The quantitative estimate of drug-likeness (QED) is 0.0997. The van der Waals surface area contributed by atoms with Gasteiger partial charge in [-0.2, -0.15) is 0 Å². The number of amides is 3. The van der Waals surface area contributed by atoms with Gasteiger partial charge >= 0.3 is 6.09 Å². The molecular weight excluding hydrogens is 676 g/mol. The molecule has 0 fully saturated rings. The number of fused-ring (bicyclic) bond motifs is 1. The standard InChI is InChI=1S/C36H53FN6O7Si/c1-25(2)20-27-28(37)22-38-31-21-26(43(33(27)31)24-49-18-19-51(6,7)8)23-42-15-11-13-30(35(42)46)39-34(45)29(40-36(47)50-17-16-48-5)12-9-10-14-32(44)41(3)4/h10-11,13-15,21-22,25,29H,9,12,16-20,23-24H2,1-8H3,(H,39,45)(H,40,47)/b14-10+. The fourth-order valence-corrected chi connectivity index (χ4v) is 5.91. The summed E-state index contributed by atoms with van der Waals surface area (Å²) in [7, 11) is 3.35. The van der Waals surface area contributed by atoms with Crippen LogP contribution in [-0.4, -0.2) is 92.1 Å². The number of aromatic nitrogens is 3. The number of nitrogens with one attached hydrogen (secondary N) is 2. The van der Waals surface area contributed by atoms with Crippen molar-refractivity contribution in [1.29, 1.82) is 0 Å². The maximum atomic E-state index is 15.2. The maximum absolute atomic E-state index is 15.2. The van der Waals surface area contributed by atoms with Crippen LogP contribution in [0, 0.1) is 11.7 Å². The average molecular weight is 729 g/mol. The summed E-state index contributed by atoms with van der Waals surface area (Å²) in [6, 6.07) is 4.82. The molecule has 0 saturated carbocycles. The lowest BCUT2D eigenvalue weighted by Crippen LogP contribution is -2.45. The number of anilines is 1. The number of nitrogens with zero attached hydrogens (tertiary/aromatic N) is 4. The van der Waals surface area contributed by atoms with Crippen LogP contribution in [0.3, 0.4) is 0 Å². The van der Waals surface area contributed by atoms with Gasteiger partial charge in [0.05, 0.1) is 30.4 Å². The zero-order valence-corrected chi connectivity index (χ0v) is 32.1. The van der Waals surface area contributed by atoms with Crippen LogP contribution in [0.25, 0.3) is 11.0 Å². The van der Waals surface area contributed by atoms with Crippen LogP contribution in [0.1, 0.15) is 37.9 Å². The first-order chi connectivity index (χ1) is 24.1. The van der Waals surface area contributed by atoms with Crippen LogP contribution in [0.5, 0.6) is 0 Å². The van der Waals surface area contributed by atoms with Crippen LogP contribution >= 0.6 is 0 Å². The smallest absolute Gasteiger partial charge is 0.407 e. The number of allylic oxidation sites excluding steroid dienone is 1. The van der Waals surface area contributed by atoms with E-state index in [1.165, 1.54) is 34.9 Å². The summed E-state index contributed by atoms with van der Waals surface area (Å²) in [4.78, 5) is 57.4. The first kappa shape index (κ1) is 41.1. The average Bonchev–Trinajstić information content (AvgIpc) is 3.40. The Morgan fingerprint density at radius 3 is 2.55 bits per heavy atom. The fraction of sp³-hybridized carbons (Fsp3) is 0.528. The van der Waals surface area contributed by atoms with Crippen molar-refractivity contribution in [3.05, 3.63) is 70.2 Å². The number of hydrogen-bond donors (Lipinski definition) is 2. The van der Waals surface area contributed by atoms with Crippen molar-refractivity contribution >= 4 is 42.7 Å². The number of alkyl carbamates (subject to hydrolysis) is 1. The van der Waals surface area contributed by atoms with Gasteiger partial charge in [0.15, 0.2) is 0 Å². The predicted octanol–water partition coefficient (Wildman–Crippen LogP) is 5.00. The number of hydrogen-bond acceptors (Lipinski definition) is 8. The Kier molecular flexibility index (Phi) is 15.6. The van der Waals surface area contributed by atoms with Gasteiger partial charge in [0.25, 0.3) is 5.56 Å². The molecule has 15 heteroatoms. The molecule has 0 radical (unpaired) electrons. The van der Waals surface area contributed by atoms with Crippen molar-refractivity contribution in [3.8, 4) is 0 Å². The molecule has 280 valence electrons. The SMILES string of the molecule is COCCOC(=O)NC(CC/C=C/C(=O)N(C)C)C(=O)Nc1cccn(Cc2cc3ncc(F)c(CC(C)C)c3n2COCC[Si](C)(C)C)c1=O. The Balaban J connectivity index is 1.90. The molecule has 3 rings (SSSR count). The van der Waals surface area contributed by atoms with Gasteiger partial charge in [-0.05, 0) is 55.5 Å². The van der Waals surface area contributed by atoms with E-state index in [0.29, 0.717) is 35.3 Å². The largest absolute Gasteiger partial charge is 0.447 e. The van der Waals surface area contributed by atoms with Crippen molar-refractivity contribution in [2.45, 2.75) is 78.1 Å². The van der Waals surface area contributed by atoms with Crippen LogP contribution in [0.4, 0.5) is 14.9 Å². The number of halogens is 1. The van der Waals surface area contributed by atoms with E-state index in [-0.39, 0.29) is 56.8 Å². The van der Waals surface area contributed by atoms with E-state index in [1.54, 1.807) is 32.4 Å². The first-order valence-electron chi connectivity index (χ1n) is 17.1. The number of carbonyl (C=O) groups excluding carboxylic acids is 3. The molecule has 2 N–H and O–H groups in total. The number of likely N-dealkylation sites (N-methyl/N-ethyl adjacent to an activating group) is 1. The molecular formula is C36H53FN6O7Si. The third-order valence-electron chi connectivity index (χ3n) is 7.95. The van der Waals surface area contributed by atoms with Crippen LogP contribution in [0.2, 0.25) is 25.7 Å². The van der Waals surface area contributed by atoms with Crippen molar-refractivity contribution in [3.63, 3.8) is 0 Å². The Hall–Kier alpha value is -4.34. The number of ether oxygens (including phenoxy) is 3. The van der Waals surface area contributed by atoms with Gasteiger partial charge in [0.2, 0.25) is 11.8 Å². The van der Waals surface area contributed by atoms with Crippen molar-refractivity contribution in [2.75, 3.05) is 46.3 Å². The van der Waals surface area contributed by atoms with Gasteiger partial charge < -0.3 is 38.9 Å². The van der Waals surface area contributed by atoms with Gasteiger partial charge in [0, 0.05) is 53.3 Å². The highest BCUT2D eigenvalue weighted by atomic mass is 28.3. The summed E-state index contributed by atoms with van der Waals surface area (Å²) in [5.41, 5.74) is 1.98. The summed E-state index contributed by atoms with van der Waals surface area (Å²) < 4.78 is 34.6. The molecule has 0 aliphatic rings. The molecule has 0 aliphatic carbocycles. The van der Waals surface area contributed by atoms with E-state index < -0.39 is 37.5 Å². The monoisotopic (exact) mass is 728 g/mol. The van der Waals surface area contributed by atoms with E-state index in [0.717, 1.165) is 6.04 Å². The molecule has 3 amide bonds. The number of rotatable bonds is 19. The number of methoxy groups -OCH3 is 1. The summed E-state index contributed by atoms with van der Waals surface area (Å²) in [5.74, 6) is -1.06. The van der Waals surface area contributed by atoms with Gasteiger partial charge in [-0.25, -0.2) is 9.18 Å². The molecule has 0 saturated heterocycles. The minimum Gasteiger partial charge on any atom is -0.447 e. The van der Waals surface area contributed by atoms with Gasteiger partial charge in [0.1, 0.15) is 30.9 Å². The van der Waals surface area contributed by atoms with Crippen LogP contribution < -0.4 is 16.2 Å². The Morgan fingerprint density at radius 1 is 1.14 bits per heavy atom. The summed E-state index contributed by atoms with van der Waals surface area (Å²) >= 11 is 0. The van der Waals surface area contributed by atoms with Gasteiger partial charge in [-0.15, -0.1) is 0 Å². The van der Waals surface area contributed by atoms with Gasteiger partial charge in [-0.1, -0.05) is 39.6 Å². The van der Waals surface area contributed by atoms with E-state index in [9.17, 15) is 19.2 Å². The van der Waals surface area contributed by atoms with E-state index >= 15 is 4.39 Å². The summed E-state index contributed by atoms with van der Waals surface area (Å²) in [6.45, 7) is 11.8. The molecule has 3 aromatic heterocycles. The molecule has 0 aromatic carbocycles. The molecule has 1 atom stereocenters. The molecule has 13 nitrogen and oxygen atoms in total. The molecule has 3 aromatic rings. The molecule has 0 spiro atoms. The minimum absolute atomic E-state index is 0.000841. The van der Waals surface area contributed by atoms with Crippen LogP contribution in [0.15, 0.2) is 47.5 Å². The highest BCUT2D eigenvalue weighted by Crippen LogP contribution is 2.27. The van der Waals surface area contributed by atoms with Gasteiger partial charge in [-0.3, -0.25) is 19.4 Å². The van der Waals surface area contributed by atoms with Crippen molar-refractivity contribution < 1.29 is 33.0 Å². The number of carbonyl (C=O) groups is 3. The maximum Gasteiger partial charge on any atom is 0.407 e.